The van der Waals surface area contributed by atoms with E-state index in [1.165, 1.54) is 16.8 Å². The zero-order valence-electron chi connectivity index (χ0n) is 14.1. The van der Waals surface area contributed by atoms with Gasteiger partial charge in [0.15, 0.2) is 5.03 Å². The smallest absolute Gasteiger partial charge is 0.262 e. The van der Waals surface area contributed by atoms with Crippen LogP contribution in [0.15, 0.2) is 17.6 Å². The van der Waals surface area contributed by atoms with Crippen molar-refractivity contribution in [3.63, 3.8) is 0 Å². The van der Waals surface area contributed by atoms with Gasteiger partial charge in [-0.2, -0.15) is 4.31 Å². The third-order valence-electron chi connectivity index (χ3n) is 4.94. The Kier molecular flexibility index (Phi) is 4.67. The maximum atomic E-state index is 13.0. The highest BCUT2D eigenvalue weighted by Gasteiger charge is 2.46. The van der Waals surface area contributed by atoms with E-state index in [2.05, 4.69) is 4.98 Å². The lowest BCUT2D eigenvalue weighted by molar-refractivity contribution is -0.139. The molecular weight excluding hydrogens is 332 g/mol. The predicted octanol–water partition coefficient (Wildman–Crippen LogP) is 0.212. The molecule has 1 aromatic rings. The summed E-state index contributed by atoms with van der Waals surface area (Å²) in [7, 11) is -1.98. The van der Waals surface area contributed by atoms with Crippen molar-refractivity contribution in [2.24, 2.45) is 7.05 Å². The normalized spacial score (nSPS) is 22.8. The molecule has 1 amide bonds. The number of imidazole rings is 1. The van der Waals surface area contributed by atoms with Crippen molar-refractivity contribution in [3.8, 4) is 0 Å². The van der Waals surface area contributed by atoms with Gasteiger partial charge < -0.3 is 14.2 Å². The Morgan fingerprint density at radius 2 is 2.04 bits per heavy atom. The van der Waals surface area contributed by atoms with Crippen LogP contribution < -0.4 is 0 Å². The van der Waals surface area contributed by atoms with Crippen LogP contribution in [-0.2, 0) is 26.6 Å². The highest BCUT2D eigenvalue weighted by atomic mass is 32.2. The first kappa shape index (κ1) is 17.4. The Labute approximate surface area is 142 Å². The van der Waals surface area contributed by atoms with Gasteiger partial charge in [-0.1, -0.05) is 0 Å². The van der Waals surface area contributed by atoms with Gasteiger partial charge in [0.25, 0.3) is 10.0 Å². The molecule has 3 rings (SSSR count). The van der Waals surface area contributed by atoms with Gasteiger partial charge in [-0.3, -0.25) is 4.79 Å². The molecule has 1 aromatic heterocycles. The molecule has 0 N–H and O–H groups in total. The molecule has 0 bridgehead atoms. The van der Waals surface area contributed by atoms with Crippen molar-refractivity contribution in [3.05, 3.63) is 12.5 Å². The average molecular weight is 356 g/mol. The number of hydrogen-bond donors (Lipinski definition) is 0. The molecule has 134 valence electrons. The standard InChI is InChI=1S/C15H24N4O4S/c1-3-19-14(20)4-7-18(11-15(19)5-8-23-9-6-15)24(21,22)13-10-17(2)12-16-13/h10,12H,3-9,11H2,1-2H3. The van der Waals surface area contributed by atoms with Crippen LogP contribution in [0, 0.1) is 0 Å². The second kappa shape index (κ2) is 6.45. The first-order valence-corrected chi connectivity index (χ1v) is 9.69. The van der Waals surface area contributed by atoms with Crippen molar-refractivity contribution in [2.75, 3.05) is 32.8 Å². The molecule has 0 radical (unpaired) electrons. The van der Waals surface area contributed by atoms with E-state index in [4.69, 9.17) is 4.74 Å². The lowest BCUT2D eigenvalue weighted by Gasteiger charge is -2.46. The molecule has 24 heavy (non-hydrogen) atoms. The van der Waals surface area contributed by atoms with E-state index >= 15 is 0 Å². The van der Waals surface area contributed by atoms with Gasteiger partial charge in [0.05, 0.1) is 11.9 Å². The molecule has 2 aliphatic rings. The van der Waals surface area contributed by atoms with Crippen molar-refractivity contribution in [1.82, 2.24) is 18.8 Å². The summed E-state index contributed by atoms with van der Waals surface area (Å²) in [6.07, 6.45) is 4.47. The Hall–Kier alpha value is -1.45. The lowest BCUT2D eigenvalue weighted by Crippen LogP contribution is -2.58. The maximum Gasteiger partial charge on any atom is 0.262 e. The summed E-state index contributed by atoms with van der Waals surface area (Å²) in [5.74, 6) is 0.0121. The zero-order valence-corrected chi connectivity index (χ0v) is 15.0. The molecule has 0 atom stereocenters. The van der Waals surface area contributed by atoms with E-state index in [0.29, 0.717) is 39.1 Å². The van der Waals surface area contributed by atoms with Crippen LogP contribution in [-0.4, -0.2) is 71.5 Å². The van der Waals surface area contributed by atoms with Gasteiger partial charge >= 0.3 is 0 Å². The van der Waals surface area contributed by atoms with Crippen molar-refractivity contribution in [1.29, 1.82) is 0 Å². The summed E-state index contributed by atoms with van der Waals surface area (Å²) in [6, 6.07) is 0. The highest BCUT2D eigenvalue weighted by molar-refractivity contribution is 7.89. The van der Waals surface area contributed by atoms with Crippen LogP contribution in [0.1, 0.15) is 26.2 Å². The van der Waals surface area contributed by atoms with Crippen molar-refractivity contribution < 1.29 is 17.9 Å². The molecule has 3 heterocycles. The Morgan fingerprint density at radius 3 is 2.62 bits per heavy atom. The number of hydrogen-bond acceptors (Lipinski definition) is 5. The number of sulfonamides is 1. The summed E-state index contributed by atoms with van der Waals surface area (Å²) in [4.78, 5) is 18.4. The SMILES string of the molecule is CCN1C(=O)CCN(S(=O)(=O)c2cn(C)cn2)CC12CCOCC2. The average Bonchev–Trinajstić information content (AvgIpc) is 2.94. The van der Waals surface area contributed by atoms with Crippen LogP contribution in [0.2, 0.25) is 0 Å². The van der Waals surface area contributed by atoms with Gasteiger partial charge in [-0.15, -0.1) is 0 Å². The van der Waals surface area contributed by atoms with Crippen LogP contribution >= 0.6 is 0 Å². The maximum absolute atomic E-state index is 13.0. The molecule has 2 fully saturated rings. The van der Waals surface area contributed by atoms with E-state index in [1.54, 1.807) is 11.6 Å². The summed E-state index contributed by atoms with van der Waals surface area (Å²) >= 11 is 0. The fourth-order valence-corrected chi connectivity index (χ4v) is 5.15. The van der Waals surface area contributed by atoms with Crippen molar-refractivity contribution >= 4 is 15.9 Å². The van der Waals surface area contributed by atoms with Crippen LogP contribution in [0.3, 0.4) is 0 Å². The largest absolute Gasteiger partial charge is 0.381 e. The number of carbonyl (C=O) groups excluding carboxylic acids is 1. The molecule has 0 aliphatic carbocycles. The fourth-order valence-electron chi connectivity index (χ4n) is 3.66. The van der Waals surface area contributed by atoms with E-state index in [-0.39, 0.29) is 23.9 Å². The van der Waals surface area contributed by atoms with Crippen molar-refractivity contribution in [2.45, 2.75) is 36.8 Å². The first-order chi connectivity index (χ1) is 11.4. The first-order valence-electron chi connectivity index (χ1n) is 8.25. The molecule has 0 unspecified atom stereocenters. The second-order valence-electron chi connectivity index (χ2n) is 6.44. The van der Waals surface area contributed by atoms with E-state index in [0.717, 1.165) is 0 Å². The number of aromatic nitrogens is 2. The lowest BCUT2D eigenvalue weighted by atomic mass is 9.88. The topological polar surface area (TPSA) is 84.7 Å². The number of amides is 1. The Balaban J connectivity index is 1.96. The number of carbonyl (C=O) groups is 1. The minimum atomic E-state index is -3.71. The third kappa shape index (κ3) is 2.96. The quantitative estimate of drug-likeness (QED) is 0.773. The van der Waals surface area contributed by atoms with E-state index in [1.807, 2.05) is 11.8 Å². The second-order valence-corrected chi connectivity index (χ2v) is 8.33. The summed E-state index contributed by atoms with van der Waals surface area (Å²) < 4.78 is 34.4. The summed E-state index contributed by atoms with van der Waals surface area (Å²) in [6.45, 7) is 4.10. The number of aryl methyl sites for hydroxylation is 1. The van der Waals surface area contributed by atoms with Gasteiger partial charge in [0, 0.05) is 52.5 Å². The van der Waals surface area contributed by atoms with Crippen LogP contribution in [0.5, 0.6) is 0 Å². The number of nitrogens with zero attached hydrogens (tertiary/aromatic N) is 4. The number of ether oxygens (including phenoxy) is 1. The summed E-state index contributed by atoms with van der Waals surface area (Å²) in [5.41, 5.74) is -0.484. The molecule has 2 aliphatic heterocycles. The molecule has 1 spiro atoms. The minimum absolute atomic E-state index is 0.0121. The number of rotatable bonds is 3. The molecule has 0 aromatic carbocycles. The molecular formula is C15H24N4O4S. The van der Waals surface area contributed by atoms with E-state index in [9.17, 15) is 13.2 Å². The highest BCUT2D eigenvalue weighted by Crippen LogP contribution is 2.33. The fraction of sp³-hybridized carbons (Fsp3) is 0.733. The summed E-state index contributed by atoms with van der Waals surface area (Å²) in [5, 5.41) is 0.0320. The molecule has 8 nitrogen and oxygen atoms in total. The monoisotopic (exact) mass is 356 g/mol. The van der Waals surface area contributed by atoms with E-state index < -0.39 is 15.6 Å². The third-order valence-corrected chi connectivity index (χ3v) is 6.68. The number of likely N-dealkylation sites (N-methyl/N-ethyl adjacent to an activating group) is 1. The van der Waals surface area contributed by atoms with Gasteiger partial charge in [0.2, 0.25) is 5.91 Å². The van der Waals surface area contributed by atoms with Gasteiger partial charge in [0.1, 0.15) is 0 Å². The van der Waals surface area contributed by atoms with Crippen LogP contribution in [0.4, 0.5) is 0 Å². The van der Waals surface area contributed by atoms with Gasteiger partial charge in [-0.05, 0) is 19.8 Å². The van der Waals surface area contributed by atoms with Gasteiger partial charge in [-0.25, -0.2) is 13.4 Å². The predicted molar refractivity (Wildman–Crippen MR) is 86.8 cm³/mol. The molecule has 2 saturated heterocycles. The Morgan fingerprint density at radius 1 is 1.33 bits per heavy atom. The molecule has 9 heteroatoms. The van der Waals surface area contributed by atoms with Crippen LogP contribution in [0.25, 0.3) is 0 Å². The zero-order chi connectivity index (χ0) is 17.4. The molecule has 0 saturated carbocycles. The Bertz CT molecular complexity index is 709. The minimum Gasteiger partial charge on any atom is -0.381 e.